The molecule has 1 unspecified atom stereocenters. The average molecular weight is 331 g/mol. The smallest absolute Gasteiger partial charge is 0.223 e. The Morgan fingerprint density at radius 3 is 2.43 bits per heavy atom. The number of carbonyl (C=O) groups is 2. The number of primary amides is 1. The second kappa shape index (κ2) is 7.79. The van der Waals surface area contributed by atoms with Gasteiger partial charge in [0, 0.05) is 23.9 Å². The maximum atomic E-state index is 12.0. The lowest BCUT2D eigenvalue weighted by Gasteiger charge is -2.13. The number of hydrogen-bond acceptors (Lipinski definition) is 2. The Kier molecular flexibility index (Phi) is 5.77. The van der Waals surface area contributed by atoms with Crippen LogP contribution in [0.5, 0.6) is 0 Å². The summed E-state index contributed by atoms with van der Waals surface area (Å²) in [5, 5.41) is 3.53. The lowest BCUT2D eigenvalue weighted by atomic mass is 9.99. The second-order valence-corrected chi connectivity index (χ2v) is 5.89. The normalized spacial score (nSPS) is 11.7. The lowest BCUT2D eigenvalue weighted by Crippen LogP contribution is -2.31. The van der Waals surface area contributed by atoms with E-state index >= 15 is 0 Å². The van der Waals surface area contributed by atoms with Gasteiger partial charge in [-0.05, 0) is 28.8 Å². The largest absolute Gasteiger partial charge is 0.370 e. The predicted octanol–water partition coefficient (Wildman–Crippen LogP) is 3.13. The number of amides is 2. The maximum Gasteiger partial charge on any atom is 0.223 e. The Bertz CT molecular complexity index is 698. The van der Waals surface area contributed by atoms with Crippen molar-refractivity contribution >= 4 is 23.4 Å². The van der Waals surface area contributed by atoms with E-state index in [0.29, 0.717) is 11.6 Å². The van der Waals surface area contributed by atoms with Crippen LogP contribution in [0, 0.1) is 5.92 Å². The van der Waals surface area contributed by atoms with Gasteiger partial charge in [-0.1, -0.05) is 54.9 Å². The lowest BCUT2D eigenvalue weighted by molar-refractivity contribution is -0.128. The summed E-state index contributed by atoms with van der Waals surface area (Å²) < 4.78 is 0. The summed E-state index contributed by atoms with van der Waals surface area (Å²) in [4.78, 5) is 22.9. The van der Waals surface area contributed by atoms with Crippen molar-refractivity contribution in [3.05, 3.63) is 59.1 Å². The number of benzene rings is 2. The van der Waals surface area contributed by atoms with Gasteiger partial charge in [0.2, 0.25) is 11.8 Å². The highest BCUT2D eigenvalue weighted by molar-refractivity contribution is 6.30. The first-order valence-electron chi connectivity index (χ1n) is 7.37. The molecule has 1 atom stereocenters. The third-order valence-corrected chi connectivity index (χ3v) is 3.83. The van der Waals surface area contributed by atoms with Crippen LogP contribution in [0.3, 0.4) is 0 Å². The van der Waals surface area contributed by atoms with E-state index in [9.17, 15) is 9.59 Å². The fourth-order valence-electron chi connectivity index (χ4n) is 2.34. The molecule has 0 bridgehead atoms. The molecule has 0 heterocycles. The topological polar surface area (TPSA) is 72.2 Å². The van der Waals surface area contributed by atoms with Gasteiger partial charge < -0.3 is 11.1 Å². The van der Waals surface area contributed by atoms with Gasteiger partial charge in [0.05, 0.1) is 0 Å². The molecule has 0 aliphatic rings. The van der Waals surface area contributed by atoms with E-state index in [1.165, 1.54) is 0 Å². The molecule has 0 saturated carbocycles. The molecule has 2 aromatic rings. The van der Waals surface area contributed by atoms with Crippen LogP contribution >= 0.6 is 11.6 Å². The highest BCUT2D eigenvalue weighted by Gasteiger charge is 2.15. The molecule has 0 radical (unpaired) electrons. The first-order chi connectivity index (χ1) is 11.0. The van der Waals surface area contributed by atoms with E-state index in [4.69, 9.17) is 17.3 Å². The summed E-state index contributed by atoms with van der Waals surface area (Å²) >= 11 is 5.92. The molecular weight excluding hydrogens is 312 g/mol. The third-order valence-electron chi connectivity index (χ3n) is 3.58. The van der Waals surface area contributed by atoms with Gasteiger partial charge in [0.15, 0.2) is 0 Å². The highest BCUT2D eigenvalue weighted by atomic mass is 35.5. The van der Waals surface area contributed by atoms with Crippen molar-refractivity contribution in [2.45, 2.75) is 19.9 Å². The first kappa shape index (κ1) is 17.0. The van der Waals surface area contributed by atoms with Gasteiger partial charge in [0.1, 0.15) is 0 Å². The van der Waals surface area contributed by atoms with Crippen molar-refractivity contribution in [1.82, 2.24) is 5.32 Å². The quantitative estimate of drug-likeness (QED) is 0.854. The standard InChI is InChI=1S/C18H19ClN2O2/c1-12(10-17(20)22)18(23)21-11-14-4-2-3-5-16(14)13-6-8-15(19)9-7-13/h2-9,12H,10-11H2,1H3,(H2,20,22)(H,21,23). The van der Waals surface area contributed by atoms with Crippen LogP contribution < -0.4 is 11.1 Å². The molecule has 0 fully saturated rings. The van der Waals surface area contributed by atoms with Gasteiger partial charge in [0.25, 0.3) is 0 Å². The Morgan fingerprint density at radius 2 is 1.78 bits per heavy atom. The van der Waals surface area contributed by atoms with Crippen LogP contribution in [-0.4, -0.2) is 11.8 Å². The Labute approximate surface area is 140 Å². The van der Waals surface area contributed by atoms with Gasteiger partial charge in [-0.2, -0.15) is 0 Å². The van der Waals surface area contributed by atoms with Crippen molar-refractivity contribution in [3.63, 3.8) is 0 Å². The highest BCUT2D eigenvalue weighted by Crippen LogP contribution is 2.25. The van der Waals surface area contributed by atoms with Crippen LogP contribution in [0.4, 0.5) is 0 Å². The van der Waals surface area contributed by atoms with Crippen molar-refractivity contribution in [1.29, 1.82) is 0 Å². The van der Waals surface area contributed by atoms with Crippen molar-refractivity contribution in [2.75, 3.05) is 0 Å². The van der Waals surface area contributed by atoms with Crippen LogP contribution in [-0.2, 0) is 16.1 Å². The Balaban J connectivity index is 2.10. The molecule has 2 aromatic carbocycles. The first-order valence-corrected chi connectivity index (χ1v) is 7.75. The fraction of sp³-hybridized carbons (Fsp3) is 0.222. The van der Waals surface area contributed by atoms with Gasteiger partial charge in [-0.25, -0.2) is 0 Å². The molecule has 4 nitrogen and oxygen atoms in total. The van der Waals surface area contributed by atoms with E-state index in [-0.39, 0.29) is 12.3 Å². The number of nitrogens with two attached hydrogens (primary N) is 1. The van der Waals surface area contributed by atoms with Gasteiger partial charge in [-0.3, -0.25) is 9.59 Å². The minimum absolute atomic E-state index is 0.0463. The molecule has 2 rings (SSSR count). The summed E-state index contributed by atoms with van der Waals surface area (Å²) in [6.07, 6.45) is 0.0463. The zero-order chi connectivity index (χ0) is 16.8. The molecule has 5 heteroatoms. The molecule has 23 heavy (non-hydrogen) atoms. The van der Waals surface area contributed by atoms with Crippen molar-refractivity contribution in [2.24, 2.45) is 11.7 Å². The minimum Gasteiger partial charge on any atom is -0.370 e. The molecule has 120 valence electrons. The van der Waals surface area contributed by atoms with Crippen LogP contribution in [0.1, 0.15) is 18.9 Å². The Hall–Kier alpha value is -2.33. The van der Waals surface area contributed by atoms with E-state index < -0.39 is 11.8 Å². The minimum atomic E-state index is -0.478. The number of carbonyl (C=O) groups excluding carboxylic acids is 2. The van der Waals surface area contributed by atoms with E-state index in [2.05, 4.69) is 5.32 Å². The number of hydrogen-bond donors (Lipinski definition) is 2. The predicted molar refractivity (Wildman–Crippen MR) is 91.7 cm³/mol. The maximum absolute atomic E-state index is 12.0. The zero-order valence-electron chi connectivity index (χ0n) is 12.9. The summed E-state index contributed by atoms with van der Waals surface area (Å²) in [6, 6.07) is 15.4. The molecule has 0 spiro atoms. The van der Waals surface area contributed by atoms with Crippen LogP contribution in [0.15, 0.2) is 48.5 Å². The van der Waals surface area contributed by atoms with E-state index in [1.807, 2.05) is 48.5 Å². The van der Waals surface area contributed by atoms with Crippen molar-refractivity contribution < 1.29 is 9.59 Å². The molecule has 0 aliphatic carbocycles. The third kappa shape index (κ3) is 4.83. The molecular formula is C18H19ClN2O2. The number of nitrogens with one attached hydrogen (secondary N) is 1. The Morgan fingerprint density at radius 1 is 1.13 bits per heavy atom. The summed E-state index contributed by atoms with van der Waals surface area (Å²) in [7, 11) is 0. The molecule has 0 aliphatic heterocycles. The summed E-state index contributed by atoms with van der Waals surface area (Å²) in [5.41, 5.74) is 8.18. The van der Waals surface area contributed by atoms with E-state index in [1.54, 1.807) is 6.92 Å². The summed E-state index contributed by atoms with van der Waals surface area (Å²) in [5.74, 6) is -1.10. The molecule has 2 amide bonds. The zero-order valence-corrected chi connectivity index (χ0v) is 13.6. The van der Waals surface area contributed by atoms with Crippen molar-refractivity contribution in [3.8, 4) is 11.1 Å². The van der Waals surface area contributed by atoms with Gasteiger partial charge in [-0.15, -0.1) is 0 Å². The van der Waals surface area contributed by atoms with Crippen LogP contribution in [0.2, 0.25) is 5.02 Å². The molecule has 0 aromatic heterocycles. The summed E-state index contributed by atoms with van der Waals surface area (Å²) in [6.45, 7) is 2.08. The number of halogens is 1. The van der Waals surface area contributed by atoms with E-state index in [0.717, 1.165) is 16.7 Å². The monoisotopic (exact) mass is 330 g/mol. The number of rotatable bonds is 6. The second-order valence-electron chi connectivity index (χ2n) is 5.45. The molecule has 0 saturated heterocycles. The SMILES string of the molecule is CC(CC(N)=O)C(=O)NCc1ccccc1-c1ccc(Cl)cc1. The van der Waals surface area contributed by atoms with Crippen LogP contribution in [0.25, 0.3) is 11.1 Å². The van der Waals surface area contributed by atoms with Gasteiger partial charge >= 0.3 is 0 Å². The molecule has 3 N–H and O–H groups in total. The fourth-order valence-corrected chi connectivity index (χ4v) is 2.46. The average Bonchev–Trinajstić information content (AvgIpc) is 2.53.